The van der Waals surface area contributed by atoms with E-state index in [-0.39, 0.29) is 11.7 Å². The van der Waals surface area contributed by atoms with Gasteiger partial charge in [0.25, 0.3) is 0 Å². The van der Waals surface area contributed by atoms with Gasteiger partial charge in [0.2, 0.25) is 0 Å². The van der Waals surface area contributed by atoms with Crippen molar-refractivity contribution in [1.82, 2.24) is 4.98 Å². The Kier molecular flexibility index (Phi) is 3.60. The van der Waals surface area contributed by atoms with Gasteiger partial charge in [-0.2, -0.15) is 0 Å². The van der Waals surface area contributed by atoms with Crippen molar-refractivity contribution in [3.8, 4) is 5.75 Å². The number of oxazole rings is 1. The minimum atomic E-state index is -0.130. The number of aromatic nitrogens is 1. The maximum absolute atomic E-state index is 13.1. The van der Waals surface area contributed by atoms with Gasteiger partial charge in [-0.05, 0) is 60.7 Å². The number of Topliss-reactive ketones (excluding diaryl/α,β-unsaturated/α-hetero) is 1. The monoisotopic (exact) mass is 321 g/mol. The van der Waals surface area contributed by atoms with Crippen molar-refractivity contribution >= 4 is 16.9 Å². The van der Waals surface area contributed by atoms with Gasteiger partial charge in [0.15, 0.2) is 17.3 Å². The molecule has 122 valence electrons. The molecule has 1 aliphatic rings. The number of fused-ring (bicyclic) bond motifs is 2. The highest BCUT2D eigenvalue weighted by molar-refractivity contribution is 6.03. The standard InChI is InChI=1S/C20H19NO3/c1-12-21-18-9-6-14(11-19(18)24-12)16-5-3-4-13-10-15(23-2)7-8-17(13)20(16)22/h6-11,16H,3-5H2,1-2H3. The second kappa shape index (κ2) is 5.78. The van der Waals surface area contributed by atoms with E-state index < -0.39 is 0 Å². The maximum Gasteiger partial charge on any atom is 0.192 e. The van der Waals surface area contributed by atoms with Crippen molar-refractivity contribution in [2.75, 3.05) is 7.11 Å². The van der Waals surface area contributed by atoms with Crippen LogP contribution in [-0.2, 0) is 6.42 Å². The average Bonchev–Trinajstić information content (AvgIpc) is 2.88. The first-order valence-corrected chi connectivity index (χ1v) is 8.24. The number of hydrogen-bond donors (Lipinski definition) is 0. The molecule has 0 saturated heterocycles. The van der Waals surface area contributed by atoms with Crippen molar-refractivity contribution < 1.29 is 13.9 Å². The topological polar surface area (TPSA) is 52.3 Å². The third-order valence-electron chi connectivity index (χ3n) is 4.76. The van der Waals surface area contributed by atoms with Crippen molar-refractivity contribution in [3.05, 3.63) is 59.0 Å². The highest BCUT2D eigenvalue weighted by Crippen LogP contribution is 2.34. The number of carbonyl (C=O) groups is 1. The van der Waals surface area contributed by atoms with Crippen LogP contribution < -0.4 is 4.74 Å². The van der Waals surface area contributed by atoms with E-state index in [2.05, 4.69) is 4.98 Å². The molecule has 0 amide bonds. The fourth-order valence-electron chi connectivity index (χ4n) is 3.55. The fraction of sp³-hybridized carbons (Fsp3) is 0.300. The molecule has 1 atom stereocenters. The molecule has 0 bridgehead atoms. The van der Waals surface area contributed by atoms with Crippen LogP contribution in [0.25, 0.3) is 11.1 Å². The number of rotatable bonds is 2. The smallest absolute Gasteiger partial charge is 0.192 e. The molecule has 0 saturated carbocycles. The number of carbonyl (C=O) groups excluding carboxylic acids is 1. The number of hydrogen-bond acceptors (Lipinski definition) is 4. The lowest BCUT2D eigenvalue weighted by Gasteiger charge is -2.14. The molecule has 0 spiro atoms. The van der Waals surface area contributed by atoms with Crippen LogP contribution in [0.5, 0.6) is 5.75 Å². The van der Waals surface area contributed by atoms with Gasteiger partial charge in [0.1, 0.15) is 11.3 Å². The zero-order valence-corrected chi connectivity index (χ0v) is 13.8. The van der Waals surface area contributed by atoms with Crippen LogP contribution in [0, 0.1) is 6.92 Å². The van der Waals surface area contributed by atoms with E-state index in [1.807, 2.05) is 43.3 Å². The largest absolute Gasteiger partial charge is 0.497 e. The Morgan fingerprint density at radius 2 is 2.08 bits per heavy atom. The molecule has 0 aliphatic heterocycles. The molecule has 0 radical (unpaired) electrons. The first kappa shape index (κ1) is 14.9. The number of methoxy groups -OCH3 is 1. The Morgan fingerprint density at radius 3 is 2.92 bits per heavy atom. The first-order valence-electron chi connectivity index (χ1n) is 8.24. The van der Waals surface area contributed by atoms with Crippen molar-refractivity contribution in [2.45, 2.75) is 32.1 Å². The summed E-state index contributed by atoms with van der Waals surface area (Å²) in [5.41, 5.74) is 4.48. The highest BCUT2D eigenvalue weighted by Gasteiger charge is 2.27. The Balaban J connectivity index is 1.75. The maximum atomic E-state index is 13.1. The quantitative estimate of drug-likeness (QED) is 0.654. The van der Waals surface area contributed by atoms with Gasteiger partial charge in [-0.1, -0.05) is 6.07 Å². The Labute approximate surface area is 140 Å². The molecule has 4 nitrogen and oxygen atoms in total. The molecule has 1 unspecified atom stereocenters. The van der Waals surface area contributed by atoms with Gasteiger partial charge in [-0.25, -0.2) is 4.98 Å². The Hall–Kier alpha value is -2.62. The lowest BCUT2D eigenvalue weighted by Crippen LogP contribution is -2.12. The Morgan fingerprint density at radius 1 is 1.21 bits per heavy atom. The summed E-state index contributed by atoms with van der Waals surface area (Å²) in [6, 6.07) is 11.6. The summed E-state index contributed by atoms with van der Waals surface area (Å²) in [6.07, 6.45) is 2.72. The van der Waals surface area contributed by atoms with E-state index >= 15 is 0 Å². The average molecular weight is 321 g/mol. The van der Waals surface area contributed by atoms with E-state index in [9.17, 15) is 4.79 Å². The summed E-state index contributed by atoms with van der Waals surface area (Å²) in [5, 5.41) is 0. The van der Waals surface area contributed by atoms with E-state index in [0.717, 1.165) is 52.8 Å². The van der Waals surface area contributed by atoms with E-state index in [0.29, 0.717) is 5.89 Å². The number of ether oxygens (including phenoxy) is 1. The second-order valence-electron chi connectivity index (χ2n) is 6.29. The minimum absolute atomic E-state index is 0.130. The zero-order valence-electron chi connectivity index (χ0n) is 13.8. The molecule has 1 aliphatic carbocycles. The summed E-state index contributed by atoms with van der Waals surface area (Å²) < 4.78 is 10.9. The normalized spacial score (nSPS) is 17.6. The van der Waals surface area contributed by atoms with Gasteiger partial charge in [-0.15, -0.1) is 0 Å². The van der Waals surface area contributed by atoms with Gasteiger partial charge >= 0.3 is 0 Å². The molecule has 1 aromatic heterocycles. The third-order valence-corrected chi connectivity index (χ3v) is 4.76. The summed E-state index contributed by atoms with van der Waals surface area (Å²) >= 11 is 0. The van der Waals surface area contributed by atoms with Crippen LogP contribution in [0.2, 0.25) is 0 Å². The lowest BCUT2D eigenvalue weighted by atomic mass is 9.88. The van der Waals surface area contributed by atoms with Crippen molar-refractivity contribution in [3.63, 3.8) is 0 Å². The van der Waals surface area contributed by atoms with Crippen LogP contribution in [0.4, 0.5) is 0 Å². The van der Waals surface area contributed by atoms with Crippen LogP contribution in [-0.4, -0.2) is 17.9 Å². The van der Waals surface area contributed by atoms with Gasteiger partial charge in [0.05, 0.1) is 7.11 Å². The molecule has 1 heterocycles. The highest BCUT2D eigenvalue weighted by atomic mass is 16.5. The number of benzene rings is 2. The summed E-state index contributed by atoms with van der Waals surface area (Å²) in [6.45, 7) is 1.83. The van der Waals surface area contributed by atoms with Crippen molar-refractivity contribution in [2.24, 2.45) is 0 Å². The molecule has 0 fully saturated rings. The summed E-state index contributed by atoms with van der Waals surface area (Å²) in [4.78, 5) is 17.4. The molecule has 4 heteroatoms. The molecule has 3 aromatic rings. The van der Waals surface area contributed by atoms with Crippen LogP contribution in [0.3, 0.4) is 0 Å². The third kappa shape index (κ3) is 2.48. The summed E-state index contributed by atoms with van der Waals surface area (Å²) in [5.74, 6) is 1.50. The number of ketones is 1. The van der Waals surface area contributed by atoms with Gasteiger partial charge in [-0.3, -0.25) is 4.79 Å². The number of nitrogens with zero attached hydrogens (tertiary/aromatic N) is 1. The van der Waals surface area contributed by atoms with Crippen LogP contribution >= 0.6 is 0 Å². The minimum Gasteiger partial charge on any atom is -0.497 e. The SMILES string of the molecule is COc1ccc2c(c1)CCCC(c1ccc3nc(C)oc3c1)C2=O. The second-order valence-corrected chi connectivity index (χ2v) is 6.29. The fourth-order valence-corrected chi connectivity index (χ4v) is 3.55. The molecule has 4 rings (SSSR count). The van der Waals surface area contributed by atoms with E-state index in [4.69, 9.17) is 9.15 Å². The zero-order chi connectivity index (χ0) is 16.7. The molecule has 2 aromatic carbocycles. The van der Waals surface area contributed by atoms with E-state index in [1.54, 1.807) is 7.11 Å². The molecular formula is C20H19NO3. The van der Waals surface area contributed by atoms with Crippen molar-refractivity contribution in [1.29, 1.82) is 0 Å². The van der Waals surface area contributed by atoms with Crippen LogP contribution in [0.1, 0.15) is 46.1 Å². The molecule has 0 N–H and O–H groups in total. The predicted molar refractivity (Wildman–Crippen MR) is 91.7 cm³/mol. The van der Waals surface area contributed by atoms with E-state index in [1.165, 1.54) is 0 Å². The molecule has 24 heavy (non-hydrogen) atoms. The summed E-state index contributed by atoms with van der Waals surface area (Å²) in [7, 11) is 1.65. The number of aryl methyl sites for hydroxylation is 2. The van der Waals surface area contributed by atoms with Crippen LogP contribution in [0.15, 0.2) is 40.8 Å². The molecular weight excluding hydrogens is 302 g/mol. The first-order chi connectivity index (χ1) is 11.7. The van der Waals surface area contributed by atoms with Gasteiger partial charge in [0, 0.05) is 18.4 Å². The lowest BCUT2D eigenvalue weighted by molar-refractivity contribution is 0.0957. The predicted octanol–water partition coefficient (Wildman–Crippen LogP) is 4.45. The van der Waals surface area contributed by atoms with Gasteiger partial charge < -0.3 is 9.15 Å². The Bertz CT molecular complexity index is 926.